The van der Waals surface area contributed by atoms with Crippen LogP contribution in [-0.2, 0) is 0 Å². The van der Waals surface area contributed by atoms with Crippen LogP contribution in [-0.4, -0.2) is 21.9 Å². The monoisotopic (exact) mass is 311 g/mol. The average molecular weight is 312 g/mol. The van der Waals surface area contributed by atoms with Gasteiger partial charge in [-0.25, -0.2) is 4.98 Å². The van der Waals surface area contributed by atoms with Crippen LogP contribution in [0.15, 0.2) is 12.3 Å². The van der Waals surface area contributed by atoms with Crippen LogP contribution in [0.3, 0.4) is 0 Å². The number of amides is 1. The largest absolute Gasteiger partial charge is 0.349 e. The van der Waals surface area contributed by atoms with Crippen LogP contribution in [0, 0.1) is 22.0 Å². The molecule has 21 heavy (non-hydrogen) atoms. The van der Waals surface area contributed by atoms with Gasteiger partial charge in [-0.3, -0.25) is 14.9 Å². The third-order valence-corrected chi connectivity index (χ3v) is 4.52. The summed E-state index contributed by atoms with van der Waals surface area (Å²) in [5.74, 6) is 0.413. The number of hydrogen-bond acceptors (Lipinski definition) is 4. The van der Waals surface area contributed by atoms with Crippen LogP contribution in [0.1, 0.15) is 43.5 Å². The number of rotatable bonds is 3. The van der Waals surface area contributed by atoms with Crippen molar-refractivity contribution in [3.8, 4) is 0 Å². The van der Waals surface area contributed by atoms with Crippen molar-refractivity contribution < 1.29 is 9.72 Å². The Morgan fingerprint density at radius 1 is 1.48 bits per heavy atom. The average Bonchev–Trinajstić information content (AvgIpc) is 2.43. The molecule has 0 aromatic carbocycles. The molecule has 1 saturated carbocycles. The predicted molar refractivity (Wildman–Crippen MR) is 79.3 cm³/mol. The molecule has 6 nitrogen and oxygen atoms in total. The molecule has 0 radical (unpaired) electrons. The number of carbonyl (C=O) groups is 1. The molecule has 1 aromatic rings. The Hall–Kier alpha value is -1.69. The third-order valence-electron chi connectivity index (χ3n) is 4.31. The Kier molecular flexibility index (Phi) is 4.77. The van der Waals surface area contributed by atoms with Crippen molar-refractivity contribution in [2.75, 3.05) is 0 Å². The molecule has 1 fully saturated rings. The molecule has 0 bridgehead atoms. The highest BCUT2D eigenvalue weighted by Gasteiger charge is 2.30. The molecule has 1 amide bonds. The van der Waals surface area contributed by atoms with Crippen molar-refractivity contribution in [1.29, 1.82) is 0 Å². The van der Waals surface area contributed by atoms with E-state index in [0.29, 0.717) is 11.8 Å². The second-order valence-electron chi connectivity index (χ2n) is 5.63. The molecular formula is C14H18ClN3O3. The van der Waals surface area contributed by atoms with Crippen molar-refractivity contribution in [3.63, 3.8) is 0 Å². The number of halogens is 1. The molecule has 0 aliphatic heterocycles. The number of pyridine rings is 1. The maximum atomic E-state index is 12.3. The van der Waals surface area contributed by atoms with Crippen LogP contribution < -0.4 is 5.32 Å². The lowest BCUT2D eigenvalue weighted by Gasteiger charge is -2.34. The van der Waals surface area contributed by atoms with Gasteiger partial charge in [0.05, 0.1) is 4.92 Å². The van der Waals surface area contributed by atoms with Crippen LogP contribution in [0.4, 0.5) is 5.69 Å². The van der Waals surface area contributed by atoms with Gasteiger partial charge >= 0.3 is 0 Å². The summed E-state index contributed by atoms with van der Waals surface area (Å²) in [6.45, 7) is 4.26. The SMILES string of the molecule is CC1CCCC(NC(=O)c2cc(Cl)ncc2[N+](=O)[O-])C1C. The number of nitro groups is 1. The molecule has 2 rings (SSSR count). The first-order valence-corrected chi connectivity index (χ1v) is 7.38. The maximum absolute atomic E-state index is 12.3. The summed E-state index contributed by atoms with van der Waals surface area (Å²) in [7, 11) is 0. The van der Waals surface area contributed by atoms with Gasteiger partial charge in [-0.1, -0.05) is 38.3 Å². The van der Waals surface area contributed by atoms with Gasteiger partial charge in [0.15, 0.2) is 0 Å². The fourth-order valence-corrected chi connectivity index (χ4v) is 2.94. The van der Waals surface area contributed by atoms with E-state index in [-0.39, 0.29) is 22.4 Å². The molecule has 3 atom stereocenters. The van der Waals surface area contributed by atoms with Gasteiger partial charge in [0.2, 0.25) is 0 Å². The molecule has 0 spiro atoms. The van der Waals surface area contributed by atoms with Gasteiger partial charge in [0.1, 0.15) is 16.9 Å². The smallest absolute Gasteiger partial charge is 0.300 e. The van der Waals surface area contributed by atoms with Crippen LogP contribution in [0.5, 0.6) is 0 Å². The van der Waals surface area contributed by atoms with Crippen LogP contribution in [0.25, 0.3) is 0 Å². The van der Waals surface area contributed by atoms with Crippen molar-refractivity contribution in [3.05, 3.63) is 33.1 Å². The quantitative estimate of drug-likeness (QED) is 0.527. The zero-order valence-corrected chi connectivity index (χ0v) is 12.8. The predicted octanol–water partition coefficient (Wildman–Crippen LogP) is 3.20. The van der Waals surface area contributed by atoms with Gasteiger partial charge in [-0.15, -0.1) is 0 Å². The summed E-state index contributed by atoms with van der Waals surface area (Å²) in [5.41, 5.74) is -0.362. The first-order valence-electron chi connectivity index (χ1n) is 7.01. The summed E-state index contributed by atoms with van der Waals surface area (Å²) in [4.78, 5) is 26.4. The highest BCUT2D eigenvalue weighted by atomic mass is 35.5. The number of hydrogen-bond donors (Lipinski definition) is 1. The first-order chi connectivity index (χ1) is 9.90. The summed E-state index contributed by atoms with van der Waals surface area (Å²) >= 11 is 5.75. The van der Waals surface area contributed by atoms with E-state index < -0.39 is 10.8 Å². The van der Waals surface area contributed by atoms with Crippen LogP contribution >= 0.6 is 11.6 Å². The van der Waals surface area contributed by atoms with E-state index in [1.807, 2.05) is 0 Å². The minimum atomic E-state index is -0.620. The highest BCUT2D eigenvalue weighted by Crippen LogP contribution is 2.30. The lowest BCUT2D eigenvalue weighted by Crippen LogP contribution is -2.43. The molecule has 1 aliphatic rings. The molecule has 1 aromatic heterocycles. The van der Waals surface area contributed by atoms with Crippen LogP contribution in [0.2, 0.25) is 5.15 Å². The number of nitrogens with zero attached hydrogens (tertiary/aromatic N) is 2. The topological polar surface area (TPSA) is 85.1 Å². The molecule has 1 N–H and O–H groups in total. The minimum absolute atomic E-state index is 0.0350. The molecule has 1 heterocycles. The molecule has 0 saturated heterocycles. The van der Waals surface area contributed by atoms with Gasteiger partial charge in [-0.2, -0.15) is 0 Å². The van der Waals surface area contributed by atoms with E-state index in [1.165, 1.54) is 6.07 Å². The molecular weight excluding hydrogens is 294 g/mol. The number of aromatic nitrogens is 1. The summed E-state index contributed by atoms with van der Waals surface area (Å²) in [6, 6.07) is 1.28. The zero-order chi connectivity index (χ0) is 15.6. The normalized spacial score (nSPS) is 25.4. The Balaban J connectivity index is 2.20. The summed E-state index contributed by atoms with van der Waals surface area (Å²) in [5, 5.41) is 14.0. The zero-order valence-electron chi connectivity index (χ0n) is 12.0. The number of carbonyl (C=O) groups excluding carboxylic acids is 1. The van der Waals surface area contributed by atoms with E-state index in [0.717, 1.165) is 25.5 Å². The maximum Gasteiger partial charge on any atom is 0.300 e. The van der Waals surface area contributed by atoms with Gasteiger partial charge in [0.25, 0.3) is 11.6 Å². The van der Waals surface area contributed by atoms with E-state index in [4.69, 9.17) is 11.6 Å². The number of nitrogens with one attached hydrogen (secondary N) is 1. The lowest BCUT2D eigenvalue weighted by atomic mass is 9.78. The third kappa shape index (κ3) is 3.50. The molecule has 7 heteroatoms. The van der Waals surface area contributed by atoms with Gasteiger partial charge < -0.3 is 5.32 Å². The van der Waals surface area contributed by atoms with Crippen molar-refractivity contribution in [1.82, 2.24) is 10.3 Å². The molecule has 1 aliphatic carbocycles. The Morgan fingerprint density at radius 2 is 2.19 bits per heavy atom. The van der Waals surface area contributed by atoms with Crippen molar-refractivity contribution in [2.24, 2.45) is 11.8 Å². The fourth-order valence-electron chi connectivity index (χ4n) is 2.78. The fraction of sp³-hybridized carbons (Fsp3) is 0.571. The molecule has 114 valence electrons. The Bertz CT molecular complexity index is 564. The Labute approximate surface area is 128 Å². The molecule has 3 unspecified atom stereocenters. The van der Waals surface area contributed by atoms with E-state index in [2.05, 4.69) is 24.1 Å². The van der Waals surface area contributed by atoms with Crippen molar-refractivity contribution >= 4 is 23.2 Å². The first kappa shape index (κ1) is 15.7. The summed E-state index contributed by atoms with van der Waals surface area (Å²) < 4.78 is 0. The summed E-state index contributed by atoms with van der Waals surface area (Å²) in [6.07, 6.45) is 4.11. The highest BCUT2D eigenvalue weighted by molar-refractivity contribution is 6.29. The van der Waals surface area contributed by atoms with Gasteiger partial charge in [-0.05, 0) is 24.3 Å². The lowest BCUT2D eigenvalue weighted by molar-refractivity contribution is -0.385. The van der Waals surface area contributed by atoms with E-state index >= 15 is 0 Å². The minimum Gasteiger partial charge on any atom is -0.349 e. The Morgan fingerprint density at radius 3 is 2.86 bits per heavy atom. The van der Waals surface area contributed by atoms with Gasteiger partial charge in [0, 0.05) is 6.04 Å². The van der Waals surface area contributed by atoms with Crippen molar-refractivity contribution in [2.45, 2.75) is 39.2 Å². The standard InChI is InChI=1S/C14H18ClN3O3/c1-8-4-3-5-11(9(8)2)17-14(19)10-6-13(15)16-7-12(10)18(20)21/h6-9,11H,3-5H2,1-2H3,(H,17,19). The second-order valence-corrected chi connectivity index (χ2v) is 6.02. The van der Waals surface area contributed by atoms with E-state index in [1.54, 1.807) is 0 Å². The van der Waals surface area contributed by atoms with E-state index in [9.17, 15) is 14.9 Å². The second kappa shape index (κ2) is 6.39.